The molecule has 106 valence electrons. The number of benzene rings is 1. The highest BCUT2D eigenvalue weighted by molar-refractivity contribution is 7.84. The number of rotatable bonds is 6. The molecule has 0 fully saturated rings. The zero-order valence-corrected chi connectivity index (χ0v) is 12.5. The zero-order chi connectivity index (χ0) is 13.7. The smallest absolute Gasteiger partial charge is 0.179 e. The number of hydrogen-bond donors (Lipinski definition) is 1. The molecule has 0 saturated carbocycles. The van der Waals surface area contributed by atoms with Crippen molar-refractivity contribution >= 4 is 22.4 Å². The van der Waals surface area contributed by atoms with E-state index in [1.807, 2.05) is 19.1 Å². The highest BCUT2D eigenvalue weighted by atomic mass is 35.5. The molecule has 1 atom stereocenters. The minimum Gasteiger partial charge on any atom is -0.486 e. The van der Waals surface area contributed by atoms with Crippen molar-refractivity contribution in [3.05, 3.63) is 22.7 Å². The molecule has 0 radical (unpaired) electrons. The summed E-state index contributed by atoms with van der Waals surface area (Å²) in [6, 6.07) is 3.81. The van der Waals surface area contributed by atoms with Crippen LogP contribution in [0.4, 0.5) is 0 Å². The fourth-order valence-electron chi connectivity index (χ4n) is 1.83. The summed E-state index contributed by atoms with van der Waals surface area (Å²) in [5.74, 6) is 2.71. The van der Waals surface area contributed by atoms with Gasteiger partial charge in [0, 0.05) is 35.4 Å². The molecule has 0 saturated heterocycles. The third kappa shape index (κ3) is 4.09. The minimum atomic E-state index is -0.724. The number of fused-ring (bicyclic) bond motifs is 1. The van der Waals surface area contributed by atoms with E-state index in [4.69, 9.17) is 21.1 Å². The lowest BCUT2D eigenvalue weighted by atomic mass is 10.2. The van der Waals surface area contributed by atoms with Gasteiger partial charge in [-0.05, 0) is 17.7 Å². The first-order chi connectivity index (χ1) is 9.20. The van der Waals surface area contributed by atoms with Crippen molar-refractivity contribution < 1.29 is 13.7 Å². The molecule has 0 spiro atoms. The summed E-state index contributed by atoms with van der Waals surface area (Å²) in [5.41, 5.74) is 1.04. The molecule has 0 amide bonds. The minimum absolute atomic E-state index is 0.535. The maximum absolute atomic E-state index is 11.3. The Morgan fingerprint density at radius 2 is 2.16 bits per heavy atom. The molecular weight excluding hydrogens is 286 g/mol. The lowest BCUT2D eigenvalue weighted by Crippen LogP contribution is -2.21. The predicted molar refractivity (Wildman–Crippen MR) is 77.7 cm³/mol. The van der Waals surface area contributed by atoms with Crippen LogP contribution in [-0.4, -0.2) is 35.5 Å². The summed E-state index contributed by atoms with van der Waals surface area (Å²) in [6.45, 7) is 4.42. The summed E-state index contributed by atoms with van der Waals surface area (Å²) in [4.78, 5) is 0. The molecular formula is C13H18ClNO3S. The second kappa shape index (κ2) is 7.12. The molecule has 6 heteroatoms. The first-order valence-electron chi connectivity index (χ1n) is 6.34. The van der Waals surface area contributed by atoms with Crippen molar-refractivity contribution in [1.82, 2.24) is 5.32 Å². The predicted octanol–water partition coefficient (Wildman–Crippen LogP) is 1.97. The Hall–Kier alpha value is -0.780. The van der Waals surface area contributed by atoms with Gasteiger partial charge in [-0.15, -0.1) is 0 Å². The molecule has 1 aliphatic rings. The van der Waals surface area contributed by atoms with Crippen LogP contribution in [0.25, 0.3) is 0 Å². The third-order valence-corrected chi connectivity index (χ3v) is 4.40. The Labute approximate surface area is 120 Å². The summed E-state index contributed by atoms with van der Waals surface area (Å²) in [5, 5.41) is 3.83. The molecule has 0 aromatic heterocycles. The molecule has 1 aliphatic heterocycles. The van der Waals surface area contributed by atoms with E-state index < -0.39 is 10.8 Å². The highest BCUT2D eigenvalue weighted by Gasteiger charge is 2.16. The molecule has 4 nitrogen and oxygen atoms in total. The Balaban J connectivity index is 1.90. The van der Waals surface area contributed by atoms with Gasteiger partial charge in [0.05, 0.1) is 5.02 Å². The number of hydrogen-bond acceptors (Lipinski definition) is 4. The second-order valence-corrected chi connectivity index (χ2v) is 6.48. The van der Waals surface area contributed by atoms with Crippen LogP contribution in [0.3, 0.4) is 0 Å². The third-order valence-electron chi connectivity index (χ3n) is 2.81. The van der Waals surface area contributed by atoms with Crippen LogP contribution >= 0.6 is 11.6 Å². The van der Waals surface area contributed by atoms with E-state index in [0.717, 1.165) is 12.1 Å². The molecule has 0 aliphatic carbocycles. The molecule has 1 heterocycles. The van der Waals surface area contributed by atoms with Gasteiger partial charge < -0.3 is 14.8 Å². The Bertz CT molecular complexity index is 467. The average molecular weight is 304 g/mol. The highest BCUT2D eigenvalue weighted by Crippen LogP contribution is 2.38. The van der Waals surface area contributed by atoms with Gasteiger partial charge in [0.15, 0.2) is 11.5 Å². The molecule has 19 heavy (non-hydrogen) atoms. The number of halogens is 1. The van der Waals surface area contributed by atoms with E-state index in [-0.39, 0.29) is 0 Å². The molecule has 2 rings (SSSR count). The van der Waals surface area contributed by atoms with Crippen molar-refractivity contribution in [2.45, 2.75) is 13.5 Å². The van der Waals surface area contributed by atoms with Crippen molar-refractivity contribution in [1.29, 1.82) is 0 Å². The van der Waals surface area contributed by atoms with E-state index in [9.17, 15) is 4.21 Å². The van der Waals surface area contributed by atoms with Crippen LogP contribution in [0, 0.1) is 0 Å². The zero-order valence-electron chi connectivity index (χ0n) is 10.9. The van der Waals surface area contributed by atoms with Gasteiger partial charge in [-0.3, -0.25) is 4.21 Å². The van der Waals surface area contributed by atoms with Crippen LogP contribution in [0.15, 0.2) is 12.1 Å². The number of ether oxygens (including phenoxy) is 2. The average Bonchev–Trinajstić information content (AvgIpc) is 2.43. The van der Waals surface area contributed by atoms with Gasteiger partial charge in [-0.25, -0.2) is 0 Å². The summed E-state index contributed by atoms with van der Waals surface area (Å²) < 4.78 is 22.3. The van der Waals surface area contributed by atoms with Crippen LogP contribution in [0.5, 0.6) is 11.5 Å². The maximum Gasteiger partial charge on any atom is 0.179 e. The van der Waals surface area contributed by atoms with Crippen molar-refractivity contribution in [2.24, 2.45) is 0 Å². The van der Waals surface area contributed by atoms with Crippen LogP contribution in [-0.2, 0) is 17.3 Å². The van der Waals surface area contributed by atoms with Crippen molar-refractivity contribution in [2.75, 3.05) is 31.3 Å². The van der Waals surface area contributed by atoms with Gasteiger partial charge in [-0.1, -0.05) is 18.5 Å². The summed E-state index contributed by atoms with van der Waals surface area (Å²) in [6.07, 6.45) is 0. The van der Waals surface area contributed by atoms with Gasteiger partial charge >= 0.3 is 0 Å². The normalized spacial score (nSPS) is 15.3. The first kappa shape index (κ1) is 14.6. The fourth-order valence-corrected chi connectivity index (χ4v) is 2.78. The maximum atomic E-state index is 11.3. The first-order valence-corrected chi connectivity index (χ1v) is 8.21. The lowest BCUT2D eigenvalue weighted by molar-refractivity contribution is 0.171. The number of nitrogens with one attached hydrogen (secondary N) is 1. The van der Waals surface area contributed by atoms with Gasteiger partial charge in [0.2, 0.25) is 0 Å². The summed E-state index contributed by atoms with van der Waals surface area (Å²) in [7, 11) is -0.724. The second-order valence-electron chi connectivity index (χ2n) is 4.21. The van der Waals surface area contributed by atoms with E-state index in [0.29, 0.717) is 47.8 Å². The fraction of sp³-hybridized carbons (Fsp3) is 0.538. The SMILES string of the molecule is CC[S@@](=O)CCNCc1cc(Cl)c2c(c1)OCCO2. The van der Waals surface area contributed by atoms with Gasteiger partial charge in [0.25, 0.3) is 0 Å². The van der Waals surface area contributed by atoms with E-state index in [1.165, 1.54) is 0 Å². The Kier molecular flexibility index (Phi) is 5.48. The van der Waals surface area contributed by atoms with E-state index >= 15 is 0 Å². The Morgan fingerprint density at radius 3 is 2.95 bits per heavy atom. The Morgan fingerprint density at radius 1 is 1.37 bits per heavy atom. The van der Waals surface area contributed by atoms with Crippen molar-refractivity contribution in [3.8, 4) is 11.5 Å². The monoisotopic (exact) mass is 303 g/mol. The molecule has 0 unspecified atom stereocenters. The lowest BCUT2D eigenvalue weighted by Gasteiger charge is -2.20. The van der Waals surface area contributed by atoms with Gasteiger partial charge in [-0.2, -0.15) is 0 Å². The standard InChI is InChI=1S/C13H18ClNO3S/c1-2-19(16)6-3-15-9-10-7-11(14)13-12(8-10)17-4-5-18-13/h7-8,15H,2-6,9H2,1H3/t19-/m1/s1. The van der Waals surface area contributed by atoms with E-state index in [1.54, 1.807) is 0 Å². The van der Waals surface area contributed by atoms with Crippen LogP contribution in [0.1, 0.15) is 12.5 Å². The molecule has 1 N–H and O–H groups in total. The molecule has 1 aromatic carbocycles. The van der Waals surface area contributed by atoms with Gasteiger partial charge in [0.1, 0.15) is 13.2 Å². The van der Waals surface area contributed by atoms with Crippen molar-refractivity contribution in [3.63, 3.8) is 0 Å². The van der Waals surface area contributed by atoms with Crippen LogP contribution in [0.2, 0.25) is 5.02 Å². The summed E-state index contributed by atoms with van der Waals surface area (Å²) >= 11 is 6.15. The van der Waals surface area contributed by atoms with E-state index in [2.05, 4.69) is 5.32 Å². The largest absolute Gasteiger partial charge is 0.486 e. The quantitative estimate of drug-likeness (QED) is 0.816. The topological polar surface area (TPSA) is 47.6 Å². The van der Waals surface area contributed by atoms with Crippen LogP contribution < -0.4 is 14.8 Å². The molecule has 1 aromatic rings. The molecule has 0 bridgehead atoms.